The maximum absolute atomic E-state index is 13.2. The fourth-order valence-corrected chi connectivity index (χ4v) is 4.96. The van der Waals surface area contributed by atoms with Gasteiger partial charge < -0.3 is 25.2 Å². The molecule has 41 heavy (non-hydrogen) atoms. The van der Waals surface area contributed by atoms with E-state index in [1.165, 1.54) is 43.7 Å². The lowest BCUT2D eigenvalue weighted by atomic mass is 10.0. The van der Waals surface area contributed by atoms with Crippen LogP contribution in [0.3, 0.4) is 0 Å². The molecular weight excluding hydrogens is 542 g/mol. The summed E-state index contributed by atoms with van der Waals surface area (Å²) >= 11 is 5.85. The van der Waals surface area contributed by atoms with Gasteiger partial charge in [-0.3, -0.25) is 14.4 Å². The van der Waals surface area contributed by atoms with Crippen molar-refractivity contribution in [1.29, 1.82) is 0 Å². The van der Waals surface area contributed by atoms with Crippen molar-refractivity contribution in [2.45, 2.75) is 25.8 Å². The number of piperidine rings is 1. The Labute approximate surface area is 242 Å². The van der Waals surface area contributed by atoms with Crippen LogP contribution in [0.2, 0.25) is 5.02 Å². The zero-order valence-electron chi connectivity index (χ0n) is 22.3. The molecule has 3 N–H and O–H groups in total. The third-order valence-electron chi connectivity index (χ3n) is 7.08. The van der Waals surface area contributed by atoms with Crippen molar-refractivity contribution in [3.05, 3.63) is 106 Å². The van der Waals surface area contributed by atoms with E-state index in [-0.39, 0.29) is 28.4 Å². The molecule has 210 valence electrons. The van der Waals surface area contributed by atoms with Crippen molar-refractivity contribution in [1.82, 2.24) is 14.5 Å². The van der Waals surface area contributed by atoms with E-state index in [0.29, 0.717) is 28.3 Å². The molecule has 2 aromatic heterocycles. The van der Waals surface area contributed by atoms with E-state index in [9.17, 15) is 19.5 Å². The summed E-state index contributed by atoms with van der Waals surface area (Å²) in [7, 11) is 0. The summed E-state index contributed by atoms with van der Waals surface area (Å²) in [6, 6.07) is 17.8. The van der Waals surface area contributed by atoms with E-state index in [2.05, 4.69) is 20.5 Å². The predicted molar refractivity (Wildman–Crippen MR) is 160 cm³/mol. The molecular formula is C31H30ClN5O4. The minimum atomic E-state index is -0.568. The first-order valence-electron chi connectivity index (χ1n) is 13.5. The highest BCUT2D eigenvalue weighted by Gasteiger charge is 2.19. The number of nitrogens with one attached hydrogen (secondary N) is 2. The van der Waals surface area contributed by atoms with E-state index in [4.69, 9.17) is 11.6 Å². The minimum absolute atomic E-state index is 0.0345. The number of likely N-dealkylation sites (tertiary alicyclic amines) is 1. The second kappa shape index (κ2) is 12.8. The summed E-state index contributed by atoms with van der Waals surface area (Å²) in [6.45, 7) is 3.61. The number of para-hydroxylation sites is 1. The van der Waals surface area contributed by atoms with Crippen molar-refractivity contribution in [3.63, 3.8) is 0 Å². The van der Waals surface area contributed by atoms with Crippen LogP contribution in [0.25, 0.3) is 11.1 Å². The molecule has 1 aliphatic rings. The van der Waals surface area contributed by atoms with E-state index in [0.717, 1.165) is 19.6 Å². The number of hydrogen-bond donors (Lipinski definition) is 3. The molecule has 0 bridgehead atoms. The Hall–Kier alpha value is -4.47. The fraction of sp³-hybridized carbons (Fsp3) is 0.226. The number of hydrogen-bond acceptors (Lipinski definition) is 6. The first-order valence-corrected chi connectivity index (χ1v) is 13.9. The number of phenols is 1. The second-order valence-electron chi connectivity index (χ2n) is 9.87. The molecule has 0 saturated carbocycles. The van der Waals surface area contributed by atoms with Crippen LogP contribution < -0.4 is 16.2 Å². The molecule has 9 nitrogen and oxygen atoms in total. The summed E-state index contributed by atoms with van der Waals surface area (Å²) in [5.41, 5.74) is 1.48. The van der Waals surface area contributed by atoms with Gasteiger partial charge in [0.15, 0.2) is 0 Å². The number of carbonyl (C=O) groups is 2. The van der Waals surface area contributed by atoms with Gasteiger partial charge in [-0.25, -0.2) is 4.98 Å². The standard InChI is InChI=1S/C31H30ClN5O4/c32-23-13-14-27(33-20-23)34-30(40)25-6-4-8-26(38)28(25)35-29(39)22-11-9-21(10-12-22)24-7-5-17-37(31(24)41)19-18-36-15-2-1-3-16-36/h4-14,17,20,38H,1-3,15-16,18-19H2,(H,35,39)(H,33,34,40). The zero-order chi connectivity index (χ0) is 28.8. The number of aromatic hydroxyl groups is 1. The van der Waals surface area contributed by atoms with Crippen LogP contribution in [0, 0.1) is 0 Å². The number of carbonyl (C=O) groups excluding carboxylic acids is 2. The van der Waals surface area contributed by atoms with Gasteiger partial charge in [0.25, 0.3) is 17.4 Å². The van der Waals surface area contributed by atoms with Crippen molar-refractivity contribution in [3.8, 4) is 16.9 Å². The van der Waals surface area contributed by atoms with Crippen molar-refractivity contribution in [2.24, 2.45) is 0 Å². The fourth-order valence-electron chi connectivity index (χ4n) is 4.85. The smallest absolute Gasteiger partial charge is 0.259 e. The van der Waals surface area contributed by atoms with Gasteiger partial charge in [-0.2, -0.15) is 0 Å². The maximum Gasteiger partial charge on any atom is 0.259 e. The highest BCUT2D eigenvalue weighted by atomic mass is 35.5. The Bertz CT molecular complexity index is 1600. The average Bonchev–Trinajstić information content (AvgIpc) is 2.99. The number of halogens is 1. The average molecular weight is 572 g/mol. The van der Waals surface area contributed by atoms with Crippen LogP contribution in [0.1, 0.15) is 40.0 Å². The number of nitrogens with zero attached hydrogens (tertiary/aromatic N) is 3. The highest BCUT2D eigenvalue weighted by molar-refractivity contribution is 6.30. The van der Waals surface area contributed by atoms with Crippen molar-refractivity contribution < 1.29 is 14.7 Å². The van der Waals surface area contributed by atoms with Gasteiger partial charge in [-0.15, -0.1) is 0 Å². The van der Waals surface area contributed by atoms with E-state index in [1.54, 1.807) is 53.2 Å². The molecule has 3 heterocycles. The molecule has 0 unspecified atom stereocenters. The monoisotopic (exact) mass is 571 g/mol. The van der Waals surface area contributed by atoms with Crippen LogP contribution >= 0.6 is 11.6 Å². The van der Waals surface area contributed by atoms with Gasteiger partial charge >= 0.3 is 0 Å². The first-order chi connectivity index (χ1) is 19.9. The van der Waals surface area contributed by atoms with E-state index >= 15 is 0 Å². The number of phenolic OH excluding ortho intramolecular Hbond substituents is 1. The summed E-state index contributed by atoms with van der Waals surface area (Å²) in [4.78, 5) is 45.6. The highest BCUT2D eigenvalue weighted by Crippen LogP contribution is 2.29. The first kappa shape index (κ1) is 28.1. The van der Waals surface area contributed by atoms with E-state index in [1.807, 2.05) is 6.07 Å². The quantitative estimate of drug-likeness (QED) is 0.248. The lowest BCUT2D eigenvalue weighted by Crippen LogP contribution is -2.34. The second-order valence-corrected chi connectivity index (χ2v) is 10.3. The lowest BCUT2D eigenvalue weighted by molar-refractivity contribution is 0.102. The van der Waals surface area contributed by atoms with Crippen LogP contribution in [0.5, 0.6) is 5.75 Å². The Balaban J connectivity index is 1.29. The normalized spacial score (nSPS) is 13.5. The molecule has 0 aliphatic carbocycles. The topological polar surface area (TPSA) is 117 Å². The molecule has 5 rings (SSSR count). The van der Waals surface area contributed by atoms with Crippen molar-refractivity contribution in [2.75, 3.05) is 30.3 Å². The number of anilines is 2. The Morgan fingerprint density at radius 1 is 0.878 bits per heavy atom. The van der Waals surface area contributed by atoms with Crippen LogP contribution in [-0.4, -0.2) is 51.0 Å². The molecule has 1 saturated heterocycles. The molecule has 10 heteroatoms. The Morgan fingerprint density at radius 3 is 2.39 bits per heavy atom. The Morgan fingerprint density at radius 2 is 1.66 bits per heavy atom. The van der Waals surface area contributed by atoms with Crippen LogP contribution in [0.15, 0.2) is 83.9 Å². The van der Waals surface area contributed by atoms with Crippen LogP contribution in [0.4, 0.5) is 11.5 Å². The summed E-state index contributed by atoms with van der Waals surface area (Å²) < 4.78 is 1.73. The molecule has 1 aliphatic heterocycles. The van der Waals surface area contributed by atoms with E-state index < -0.39 is 11.8 Å². The minimum Gasteiger partial charge on any atom is -0.506 e. The largest absolute Gasteiger partial charge is 0.506 e. The van der Waals surface area contributed by atoms with Gasteiger partial charge in [0.2, 0.25) is 0 Å². The lowest BCUT2D eigenvalue weighted by Gasteiger charge is -2.26. The van der Waals surface area contributed by atoms with Crippen molar-refractivity contribution >= 4 is 34.9 Å². The zero-order valence-corrected chi connectivity index (χ0v) is 23.1. The molecule has 4 aromatic rings. The number of rotatable bonds is 8. The van der Waals surface area contributed by atoms with Crippen LogP contribution in [-0.2, 0) is 6.54 Å². The third-order valence-corrected chi connectivity index (χ3v) is 7.30. The number of benzene rings is 2. The maximum atomic E-state index is 13.2. The molecule has 0 radical (unpaired) electrons. The van der Waals surface area contributed by atoms with Gasteiger partial charge in [0.05, 0.1) is 16.3 Å². The van der Waals surface area contributed by atoms with Gasteiger partial charge in [0.1, 0.15) is 11.6 Å². The molecule has 0 spiro atoms. The molecule has 1 fully saturated rings. The molecule has 2 aromatic carbocycles. The van der Waals surface area contributed by atoms with Gasteiger partial charge in [-0.05, 0) is 80.0 Å². The number of aromatic nitrogens is 2. The summed E-state index contributed by atoms with van der Waals surface area (Å²) in [6.07, 6.45) is 6.88. The number of pyridine rings is 2. The predicted octanol–water partition coefficient (Wildman–Crippen LogP) is 5.26. The SMILES string of the molecule is O=C(Nc1c(O)cccc1C(=O)Nc1ccc(Cl)cn1)c1ccc(-c2cccn(CCN3CCCCC3)c2=O)cc1. The third kappa shape index (κ3) is 6.82. The molecule has 0 atom stereocenters. The molecule has 2 amide bonds. The summed E-state index contributed by atoms with van der Waals surface area (Å²) in [5.74, 6) is -1.09. The Kier molecular flexibility index (Phi) is 8.76. The van der Waals surface area contributed by atoms with Gasteiger partial charge in [-0.1, -0.05) is 36.2 Å². The number of amides is 2. The van der Waals surface area contributed by atoms with Gasteiger partial charge in [0, 0.05) is 36.6 Å². The summed E-state index contributed by atoms with van der Waals surface area (Å²) in [5, 5.41) is 16.1.